The second-order valence-electron chi connectivity index (χ2n) is 4.09. The van der Waals surface area contributed by atoms with E-state index in [1.807, 2.05) is 13.8 Å². The van der Waals surface area contributed by atoms with Crippen LogP contribution < -0.4 is 5.73 Å². The van der Waals surface area contributed by atoms with E-state index in [2.05, 4.69) is 0 Å². The van der Waals surface area contributed by atoms with Gasteiger partial charge in [-0.15, -0.1) is 0 Å². The Kier molecular flexibility index (Phi) is 3.58. The summed E-state index contributed by atoms with van der Waals surface area (Å²) in [4.78, 5) is 11.9. The second kappa shape index (κ2) is 4.53. The normalized spacial score (nSPS) is 12.9. The molecular formula is C12H16FNO. The van der Waals surface area contributed by atoms with Crippen molar-refractivity contribution >= 4 is 5.78 Å². The predicted molar refractivity (Wildman–Crippen MR) is 58.3 cm³/mol. The molecule has 0 amide bonds. The highest BCUT2D eigenvalue weighted by Gasteiger charge is 2.20. The first-order valence-electron chi connectivity index (χ1n) is 4.99. The van der Waals surface area contributed by atoms with Gasteiger partial charge in [0.1, 0.15) is 5.82 Å². The van der Waals surface area contributed by atoms with Crippen LogP contribution in [0.25, 0.3) is 0 Å². The third-order valence-electron chi connectivity index (χ3n) is 2.47. The highest BCUT2D eigenvalue weighted by molar-refractivity contribution is 6.01. The molecule has 1 atom stereocenters. The predicted octanol–water partition coefficient (Wildman–Crippen LogP) is 2.30. The Hall–Kier alpha value is -1.22. The topological polar surface area (TPSA) is 43.1 Å². The van der Waals surface area contributed by atoms with E-state index in [4.69, 9.17) is 5.73 Å². The minimum atomic E-state index is -0.519. The number of hydrogen-bond acceptors (Lipinski definition) is 2. The monoisotopic (exact) mass is 209 g/mol. The number of carbonyl (C=O) groups is 1. The van der Waals surface area contributed by atoms with Gasteiger partial charge in [0.25, 0.3) is 0 Å². The van der Waals surface area contributed by atoms with E-state index in [0.29, 0.717) is 11.1 Å². The van der Waals surface area contributed by atoms with Crippen molar-refractivity contribution < 1.29 is 9.18 Å². The lowest BCUT2D eigenvalue weighted by Crippen LogP contribution is -2.35. The molecule has 0 bridgehead atoms. The van der Waals surface area contributed by atoms with E-state index in [1.54, 1.807) is 6.92 Å². The molecule has 0 radical (unpaired) electrons. The number of ketones is 1. The quantitative estimate of drug-likeness (QED) is 0.776. The van der Waals surface area contributed by atoms with Gasteiger partial charge in [-0.1, -0.05) is 13.8 Å². The molecule has 1 rings (SSSR count). The molecule has 0 aliphatic rings. The van der Waals surface area contributed by atoms with Crippen LogP contribution in [0.5, 0.6) is 0 Å². The van der Waals surface area contributed by atoms with Gasteiger partial charge < -0.3 is 5.73 Å². The van der Waals surface area contributed by atoms with Crippen molar-refractivity contribution in [3.8, 4) is 0 Å². The Bertz CT molecular complexity index is 374. The summed E-state index contributed by atoms with van der Waals surface area (Å²) in [6.07, 6.45) is 0. The SMILES string of the molecule is Cc1cc(F)ccc1C(=O)C(N)C(C)C. The van der Waals surface area contributed by atoms with E-state index in [0.717, 1.165) is 0 Å². The number of aryl methyl sites for hydroxylation is 1. The summed E-state index contributed by atoms with van der Waals surface area (Å²) >= 11 is 0. The Morgan fingerprint density at radius 2 is 2.00 bits per heavy atom. The van der Waals surface area contributed by atoms with Crippen molar-refractivity contribution in [2.24, 2.45) is 11.7 Å². The number of Topliss-reactive ketones (excluding diaryl/α,β-unsaturated/α-hetero) is 1. The molecule has 2 nitrogen and oxygen atoms in total. The van der Waals surface area contributed by atoms with E-state index in [-0.39, 0.29) is 17.5 Å². The second-order valence-corrected chi connectivity index (χ2v) is 4.09. The maximum absolute atomic E-state index is 12.8. The summed E-state index contributed by atoms with van der Waals surface area (Å²) in [5.74, 6) is -0.369. The van der Waals surface area contributed by atoms with Gasteiger partial charge in [-0.2, -0.15) is 0 Å². The highest BCUT2D eigenvalue weighted by atomic mass is 19.1. The molecule has 0 saturated heterocycles. The van der Waals surface area contributed by atoms with Crippen LogP contribution in [-0.4, -0.2) is 11.8 Å². The first-order valence-corrected chi connectivity index (χ1v) is 4.99. The van der Waals surface area contributed by atoms with Gasteiger partial charge in [-0.3, -0.25) is 4.79 Å². The standard InChI is InChI=1S/C12H16FNO/c1-7(2)11(14)12(15)10-5-4-9(13)6-8(10)3/h4-7,11H,14H2,1-3H3. The molecule has 0 aliphatic carbocycles. The maximum atomic E-state index is 12.8. The molecule has 0 spiro atoms. The Labute approximate surface area is 89.3 Å². The smallest absolute Gasteiger partial charge is 0.180 e. The minimum Gasteiger partial charge on any atom is -0.321 e. The average Bonchev–Trinajstić information content (AvgIpc) is 2.15. The average molecular weight is 209 g/mol. The first-order chi connectivity index (χ1) is 6.93. The van der Waals surface area contributed by atoms with Crippen molar-refractivity contribution in [1.29, 1.82) is 0 Å². The maximum Gasteiger partial charge on any atom is 0.180 e. The van der Waals surface area contributed by atoms with Crippen LogP contribution in [0.2, 0.25) is 0 Å². The van der Waals surface area contributed by atoms with Crippen molar-refractivity contribution in [2.45, 2.75) is 26.8 Å². The van der Waals surface area contributed by atoms with Crippen LogP contribution in [0.4, 0.5) is 4.39 Å². The lowest BCUT2D eigenvalue weighted by atomic mass is 9.93. The molecule has 82 valence electrons. The van der Waals surface area contributed by atoms with Crippen molar-refractivity contribution in [2.75, 3.05) is 0 Å². The van der Waals surface area contributed by atoms with Gasteiger partial charge in [0.2, 0.25) is 0 Å². The fraction of sp³-hybridized carbons (Fsp3) is 0.417. The zero-order valence-electron chi connectivity index (χ0n) is 9.25. The fourth-order valence-corrected chi connectivity index (χ4v) is 1.39. The summed E-state index contributed by atoms with van der Waals surface area (Å²) in [6.45, 7) is 5.49. The summed E-state index contributed by atoms with van der Waals surface area (Å²) in [5, 5.41) is 0. The molecule has 15 heavy (non-hydrogen) atoms. The first kappa shape index (κ1) is 11.9. The van der Waals surface area contributed by atoms with Gasteiger partial charge >= 0.3 is 0 Å². The fourth-order valence-electron chi connectivity index (χ4n) is 1.39. The summed E-state index contributed by atoms with van der Waals surface area (Å²) in [6, 6.07) is 3.61. The van der Waals surface area contributed by atoms with Gasteiger partial charge in [0.15, 0.2) is 5.78 Å². The van der Waals surface area contributed by atoms with Gasteiger partial charge in [-0.25, -0.2) is 4.39 Å². The molecule has 0 fully saturated rings. The largest absolute Gasteiger partial charge is 0.321 e. The molecule has 1 unspecified atom stereocenters. The number of nitrogens with two attached hydrogens (primary N) is 1. The zero-order chi connectivity index (χ0) is 11.6. The summed E-state index contributed by atoms with van der Waals surface area (Å²) < 4.78 is 12.8. The van der Waals surface area contributed by atoms with E-state index in [9.17, 15) is 9.18 Å². The molecule has 0 aromatic heterocycles. The zero-order valence-corrected chi connectivity index (χ0v) is 9.25. The minimum absolute atomic E-state index is 0.0851. The Morgan fingerprint density at radius 1 is 1.40 bits per heavy atom. The number of halogens is 1. The van der Waals surface area contributed by atoms with Crippen LogP contribution >= 0.6 is 0 Å². The van der Waals surface area contributed by atoms with Crippen molar-refractivity contribution in [1.82, 2.24) is 0 Å². The highest BCUT2D eigenvalue weighted by Crippen LogP contribution is 2.14. The van der Waals surface area contributed by atoms with Crippen molar-refractivity contribution in [3.05, 3.63) is 35.1 Å². The van der Waals surface area contributed by atoms with Crippen LogP contribution in [0.1, 0.15) is 29.8 Å². The molecule has 1 aromatic rings. The number of benzene rings is 1. The Morgan fingerprint density at radius 3 is 2.47 bits per heavy atom. The van der Waals surface area contributed by atoms with Gasteiger partial charge in [-0.05, 0) is 36.6 Å². The lowest BCUT2D eigenvalue weighted by Gasteiger charge is -2.15. The molecule has 3 heteroatoms. The molecule has 0 heterocycles. The summed E-state index contributed by atoms with van der Waals surface area (Å²) in [5.41, 5.74) is 6.90. The molecule has 2 N–H and O–H groups in total. The van der Waals surface area contributed by atoms with Crippen molar-refractivity contribution in [3.63, 3.8) is 0 Å². The number of carbonyl (C=O) groups excluding carboxylic acids is 1. The van der Waals surface area contributed by atoms with Crippen LogP contribution in [0.3, 0.4) is 0 Å². The third kappa shape index (κ3) is 2.63. The molecular weight excluding hydrogens is 193 g/mol. The van der Waals surface area contributed by atoms with Crippen LogP contribution in [0, 0.1) is 18.7 Å². The lowest BCUT2D eigenvalue weighted by molar-refractivity contribution is 0.0940. The van der Waals surface area contributed by atoms with Gasteiger partial charge in [0.05, 0.1) is 6.04 Å². The Balaban J connectivity index is 3.01. The van der Waals surface area contributed by atoms with E-state index < -0.39 is 6.04 Å². The number of hydrogen-bond donors (Lipinski definition) is 1. The molecule has 1 aromatic carbocycles. The molecule has 0 aliphatic heterocycles. The third-order valence-corrected chi connectivity index (χ3v) is 2.47. The van der Waals surface area contributed by atoms with E-state index in [1.165, 1.54) is 18.2 Å². The van der Waals surface area contributed by atoms with E-state index >= 15 is 0 Å². The molecule has 0 saturated carbocycles. The summed E-state index contributed by atoms with van der Waals surface area (Å²) in [7, 11) is 0. The number of rotatable bonds is 3. The van der Waals surface area contributed by atoms with Crippen LogP contribution in [-0.2, 0) is 0 Å². The van der Waals surface area contributed by atoms with Crippen LogP contribution in [0.15, 0.2) is 18.2 Å². The van der Waals surface area contributed by atoms with Gasteiger partial charge in [0, 0.05) is 5.56 Å².